The normalized spacial score (nSPS) is 10.1. The van der Waals surface area contributed by atoms with Crippen LogP contribution in [-0.4, -0.2) is 0 Å². The van der Waals surface area contributed by atoms with Crippen LogP contribution in [0, 0.1) is 25.2 Å². The number of benzene rings is 1. The van der Waals surface area contributed by atoms with Crippen molar-refractivity contribution in [1.82, 2.24) is 0 Å². The van der Waals surface area contributed by atoms with Crippen LogP contribution >= 0.6 is 27.3 Å². The highest BCUT2D eigenvalue weighted by atomic mass is 79.9. The van der Waals surface area contributed by atoms with Crippen molar-refractivity contribution in [3.05, 3.63) is 49.6 Å². The average molecular weight is 321 g/mol. The van der Waals surface area contributed by atoms with Gasteiger partial charge in [0.25, 0.3) is 0 Å². The lowest BCUT2D eigenvalue weighted by molar-refractivity contribution is 1.18. The van der Waals surface area contributed by atoms with Crippen LogP contribution in [0.1, 0.15) is 20.9 Å². The summed E-state index contributed by atoms with van der Waals surface area (Å²) in [5.74, 6) is 0. The van der Waals surface area contributed by atoms with Gasteiger partial charge in [0.1, 0.15) is 6.07 Å². The second-order valence-corrected chi connectivity index (χ2v) is 6.36. The SMILES string of the molecule is Cc1cc(CNc2cc(Br)ccc2C#N)sc1C. The molecule has 0 aliphatic heterocycles. The van der Waals surface area contributed by atoms with E-state index in [4.69, 9.17) is 5.26 Å². The fourth-order valence-corrected chi connectivity index (χ4v) is 3.03. The number of anilines is 1. The van der Waals surface area contributed by atoms with E-state index in [0.717, 1.165) is 16.7 Å². The standard InChI is InChI=1S/C14H13BrN2S/c1-9-5-13(18-10(9)2)8-17-14-6-12(15)4-3-11(14)7-16/h3-6,17H,8H2,1-2H3. The molecule has 0 fully saturated rings. The third kappa shape index (κ3) is 2.92. The van der Waals surface area contributed by atoms with Gasteiger partial charge in [0, 0.05) is 20.8 Å². The molecule has 0 saturated carbocycles. The Morgan fingerprint density at radius 2 is 2.11 bits per heavy atom. The van der Waals surface area contributed by atoms with Gasteiger partial charge in [-0.1, -0.05) is 15.9 Å². The Morgan fingerprint density at radius 1 is 1.33 bits per heavy atom. The van der Waals surface area contributed by atoms with Crippen LogP contribution in [0.25, 0.3) is 0 Å². The second-order valence-electron chi connectivity index (χ2n) is 4.11. The van der Waals surface area contributed by atoms with Crippen molar-refractivity contribution >= 4 is 33.0 Å². The smallest absolute Gasteiger partial charge is 0.101 e. The summed E-state index contributed by atoms with van der Waals surface area (Å²) in [7, 11) is 0. The number of halogens is 1. The molecule has 0 unspecified atom stereocenters. The molecule has 2 aromatic rings. The van der Waals surface area contributed by atoms with Crippen LogP contribution in [0.3, 0.4) is 0 Å². The lowest BCUT2D eigenvalue weighted by Gasteiger charge is -2.07. The van der Waals surface area contributed by atoms with Crippen molar-refractivity contribution < 1.29 is 0 Å². The summed E-state index contributed by atoms with van der Waals surface area (Å²) in [6.07, 6.45) is 0. The molecule has 0 saturated heterocycles. The molecule has 4 heteroatoms. The summed E-state index contributed by atoms with van der Waals surface area (Å²) >= 11 is 5.21. The van der Waals surface area contributed by atoms with Crippen molar-refractivity contribution in [2.45, 2.75) is 20.4 Å². The van der Waals surface area contributed by atoms with E-state index < -0.39 is 0 Å². The van der Waals surface area contributed by atoms with E-state index in [1.54, 1.807) is 11.3 Å². The molecule has 0 atom stereocenters. The van der Waals surface area contributed by atoms with Gasteiger partial charge >= 0.3 is 0 Å². The van der Waals surface area contributed by atoms with E-state index in [9.17, 15) is 0 Å². The van der Waals surface area contributed by atoms with E-state index in [0.29, 0.717) is 5.56 Å². The number of hydrogen-bond donors (Lipinski definition) is 1. The van der Waals surface area contributed by atoms with Gasteiger partial charge in [0.05, 0.1) is 11.3 Å². The maximum Gasteiger partial charge on any atom is 0.101 e. The zero-order chi connectivity index (χ0) is 13.1. The zero-order valence-corrected chi connectivity index (χ0v) is 12.7. The maximum atomic E-state index is 9.05. The molecule has 2 rings (SSSR count). The molecular weight excluding hydrogens is 308 g/mol. The fourth-order valence-electron chi connectivity index (χ4n) is 1.68. The number of aryl methyl sites for hydroxylation is 2. The molecule has 1 aromatic heterocycles. The molecular formula is C14H13BrN2S. The van der Waals surface area contributed by atoms with E-state index >= 15 is 0 Å². The third-order valence-electron chi connectivity index (χ3n) is 2.77. The summed E-state index contributed by atoms with van der Waals surface area (Å²) < 4.78 is 0.975. The largest absolute Gasteiger partial charge is 0.379 e. The molecule has 0 amide bonds. The van der Waals surface area contributed by atoms with Crippen LogP contribution in [0.4, 0.5) is 5.69 Å². The first-order chi connectivity index (χ1) is 8.60. The molecule has 0 aliphatic rings. The molecule has 18 heavy (non-hydrogen) atoms. The summed E-state index contributed by atoms with van der Waals surface area (Å²) in [6, 6.07) is 10.0. The first-order valence-corrected chi connectivity index (χ1v) is 7.20. The predicted octanol–water partition coefficient (Wildman–Crippen LogP) is 4.61. The van der Waals surface area contributed by atoms with Crippen LogP contribution in [0.15, 0.2) is 28.7 Å². The minimum atomic E-state index is 0.670. The Kier molecular flexibility index (Phi) is 4.05. The number of nitriles is 1. The van der Waals surface area contributed by atoms with Gasteiger partial charge in [-0.25, -0.2) is 0 Å². The first kappa shape index (κ1) is 13.1. The molecule has 0 radical (unpaired) electrons. The molecule has 0 spiro atoms. The highest BCUT2D eigenvalue weighted by molar-refractivity contribution is 9.10. The number of nitrogens with one attached hydrogen (secondary N) is 1. The Hall–Kier alpha value is -1.31. The lowest BCUT2D eigenvalue weighted by Crippen LogP contribution is -1.99. The van der Waals surface area contributed by atoms with Gasteiger partial charge in [-0.2, -0.15) is 5.26 Å². The van der Waals surface area contributed by atoms with Crippen molar-refractivity contribution in [2.24, 2.45) is 0 Å². The van der Waals surface area contributed by atoms with Crippen molar-refractivity contribution in [1.29, 1.82) is 5.26 Å². The van der Waals surface area contributed by atoms with Crippen LogP contribution < -0.4 is 5.32 Å². The minimum absolute atomic E-state index is 0.670. The molecule has 0 aliphatic carbocycles. The van der Waals surface area contributed by atoms with Crippen molar-refractivity contribution in [2.75, 3.05) is 5.32 Å². The molecule has 92 valence electrons. The van der Waals surface area contributed by atoms with Gasteiger partial charge in [0.2, 0.25) is 0 Å². The van der Waals surface area contributed by atoms with Crippen LogP contribution in [0.2, 0.25) is 0 Å². The topological polar surface area (TPSA) is 35.8 Å². The van der Waals surface area contributed by atoms with E-state index in [1.807, 2.05) is 18.2 Å². The summed E-state index contributed by atoms with van der Waals surface area (Å²) in [4.78, 5) is 2.63. The number of thiophene rings is 1. The van der Waals surface area contributed by atoms with Gasteiger partial charge in [-0.15, -0.1) is 11.3 Å². The molecule has 1 N–H and O–H groups in total. The minimum Gasteiger partial charge on any atom is -0.379 e. The zero-order valence-electron chi connectivity index (χ0n) is 10.2. The summed E-state index contributed by atoms with van der Waals surface area (Å²) in [6.45, 7) is 5.00. The van der Waals surface area contributed by atoms with Gasteiger partial charge in [-0.05, 0) is 43.7 Å². The maximum absolute atomic E-state index is 9.05. The highest BCUT2D eigenvalue weighted by Crippen LogP contribution is 2.24. The second kappa shape index (κ2) is 5.55. The quantitative estimate of drug-likeness (QED) is 0.896. The summed E-state index contributed by atoms with van der Waals surface area (Å²) in [5.41, 5.74) is 2.87. The molecule has 2 nitrogen and oxygen atoms in total. The average Bonchev–Trinajstić information content (AvgIpc) is 2.66. The molecule has 0 bridgehead atoms. The van der Waals surface area contributed by atoms with Gasteiger partial charge in [0.15, 0.2) is 0 Å². The Balaban J connectivity index is 2.15. The monoisotopic (exact) mass is 320 g/mol. The van der Waals surface area contributed by atoms with Crippen LogP contribution in [0.5, 0.6) is 0 Å². The number of rotatable bonds is 3. The van der Waals surface area contributed by atoms with Gasteiger partial charge in [-0.3, -0.25) is 0 Å². The predicted molar refractivity (Wildman–Crippen MR) is 80.0 cm³/mol. The first-order valence-electron chi connectivity index (χ1n) is 5.59. The number of hydrogen-bond acceptors (Lipinski definition) is 3. The molecule has 1 heterocycles. The Morgan fingerprint density at radius 3 is 2.72 bits per heavy atom. The van der Waals surface area contributed by atoms with Gasteiger partial charge < -0.3 is 5.32 Å². The third-order valence-corrected chi connectivity index (χ3v) is 4.42. The van der Waals surface area contributed by atoms with E-state index in [1.165, 1.54) is 15.3 Å². The van der Waals surface area contributed by atoms with Crippen LogP contribution in [-0.2, 0) is 6.54 Å². The number of nitrogens with zero attached hydrogens (tertiary/aromatic N) is 1. The van der Waals surface area contributed by atoms with E-state index in [2.05, 4.69) is 47.2 Å². The van der Waals surface area contributed by atoms with E-state index in [-0.39, 0.29) is 0 Å². The molecule has 1 aromatic carbocycles. The summed E-state index contributed by atoms with van der Waals surface area (Å²) in [5, 5.41) is 12.4. The fraction of sp³-hybridized carbons (Fsp3) is 0.214. The van der Waals surface area contributed by atoms with Crippen molar-refractivity contribution in [3.8, 4) is 6.07 Å². The van der Waals surface area contributed by atoms with Crippen molar-refractivity contribution in [3.63, 3.8) is 0 Å². The highest BCUT2D eigenvalue weighted by Gasteiger charge is 2.05. The Labute approximate surface area is 119 Å². The Bertz CT molecular complexity index is 591. The lowest BCUT2D eigenvalue weighted by atomic mass is 10.2.